The van der Waals surface area contributed by atoms with Gasteiger partial charge in [0, 0.05) is 14.6 Å². The van der Waals surface area contributed by atoms with Crippen molar-refractivity contribution < 1.29 is 9.90 Å². The standard InChI is InChI=1S/C14H17BrINO2/c15-10-3-6-13(16)12(7-10)14(19)17-8-9-1-4-11(18)5-2-9/h3,6-7,9,11,18H,1-2,4-5,8H2,(H,17,19). The Balaban J connectivity index is 1.89. The number of carbonyl (C=O) groups excluding carboxylic acids is 1. The van der Waals surface area contributed by atoms with Crippen molar-refractivity contribution in [2.24, 2.45) is 5.92 Å². The van der Waals surface area contributed by atoms with Crippen molar-refractivity contribution in [1.82, 2.24) is 5.32 Å². The lowest BCUT2D eigenvalue weighted by molar-refractivity contribution is 0.0909. The third kappa shape index (κ3) is 4.43. The molecule has 1 aromatic rings. The fourth-order valence-corrected chi connectivity index (χ4v) is 3.29. The van der Waals surface area contributed by atoms with Crippen LogP contribution >= 0.6 is 38.5 Å². The molecule has 1 saturated carbocycles. The van der Waals surface area contributed by atoms with E-state index in [1.54, 1.807) is 0 Å². The van der Waals surface area contributed by atoms with Gasteiger partial charge in [-0.1, -0.05) is 15.9 Å². The van der Waals surface area contributed by atoms with Gasteiger partial charge >= 0.3 is 0 Å². The number of halogens is 2. The molecule has 0 aliphatic heterocycles. The molecule has 1 amide bonds. The molecule has 0 radical (unpaired) electrons. The zero-order valence-corrected chi connectivity index (χ0v) is 14.3. The summed E-state index contributed by atoms with van der Waals surface area (Å²) in [5, 5.41) is 12.5. The zero-order chi connectivity index (χ0) is 13.8. The molecule has 19 heavy (non-hydrogen) atoms. The zero-order valence-electron chi connectivity index (χ0n) is 10.5. The highest BCUT2D eigenvalue weighted by Crippen LogP contribution is 2.24. The third-order valence-corrected chi connectivity index (χ3v) is 4.97. The van der Waals surface area contributed by atoms with Gasteiger partial charge in [-0.25, -0.2) is 0 Å². The molecule has 1 fully saturated rings. The Hall–Kier alpha value is -0.140. The Labute approximate surface area is 135 Å². The second kappa shape index (κ2) is 7.04. The Bertz CT molecular complexity index is 459. The van der Waals surface area contributed by atoms with Crippen LogP contribution in [0.4, 0.5) is 0 Å². The fourth-order valence-electron chi connectivity index (χ4n) is 2.35. The van der Waals surface area contributed by atoms with Gasteiger partial charge in [0.05, 0.1) is 11.7 Å². The number of hydrogen-bond donors (Lipinski definition) is 2. The number of carbonyl (C=O) groups is 1. The Morgan fingerprint density at radius 3 is 2.74 bits per heavy atom. The minimum atomic E-state index is -0.141. The number of amides is 1. The van der Waals surface area contributed by atoms with E-state index in [-0.39, 0.29) is 12.0 Å². The largest absolute Gasteiger partial charge is 0.393 e. The summed E-state index contributed by atoms with van der Waals surface area (Å²) in [6.45, 7) is 0.703. The van der Waals surface area contributed by atoms with Crippen LogP contribution in [0.25, 0.3) is 0 Å². The Morgan fingerprint density at radius 1 is 1.37 bits per heavy atom. The van der Waals surface area contributed by atoms with Gasteiger partial charge in [-0.3, -0.25) is 4.79 Å². The maximum atomic E-state index is 12.1. The first-order valence-electron chi connectivity index (χ1n) is 6.47. The highest BCUT2D eigenvalue weighted by atomic mass is 127. The van der Waals surface area contributed by atoms with Crippen LogP contribution in [0.15, 0.2) is 22.7 Å². The van der Waals surface area contributed by atoms with Crippen LogP contribution in [-0.2, 0) is 0 Å². The quantitative estimate of drug-likeness (QED) is 0.712. The highest BCUT2D eigenvalue weighted by Gasteiger charge is 2.20. The predicted octanol–water partition coefficient (Wildman–Crippen LogP) is 3.33. The van der Waals surface area contributed by atoms with E-state index in [4.69, 9.17) is 0 Å². The molecule has 104 valence electrons. The minimum Gasteiger partial charge on any atom is -0.393 e. The summed E-state index contributed by atoms with van der Waals surface area (Å²) in [4.78, 5) is 12.1. The van der Waals surface area contributed by atoms with Crippen LogP contribution in [0.5, 0.6) is 0 Å². The van der Waals surface area contributed by atoms with Crippen molar-refractivity contribution in [1.29, 1.82) is 0 Å². The Kier molecular flexibility index (Phi) is 5.65. The molecular weight excluding hydrogens is 421 g/mol. The first kappa shape index (κ1) is 15.3. The molecule has 1 aromatic carbocycles. The summed E-state index contributed by atoms with van der Waals surface area (Å²) in [6.07, 6.45) is 3.57. The van der Waals surface area contributed by atoms with E-state index in [0.29, 0.717) is 18.0 Å². The molecule has 2 N–H and O–H groups in total. The number of aliphatic hydroxyl groups excluding tert-OH is 1. The molecule has 3 nitrogen and oxygen atoms in total. The first-order valence-corrected chi connectivity index (χ1v) is 8.34. The van der Waals surface area contributed by atoms with Gasteiger partial charge in [0.1, 0.15) is 0 Å². The van der Waals surface area contributed by atoms with Gasteiger partial charge in [0.2, 0.25) is 0 Å². The van der Waals surface area contributed by atoms with E-state index in [1.807, 2.05) is 18.2 Å². The van der Waals surface area contributed by atoms with Gasteiger partial charge in [0.25, 0.3) is 5.91 Å². The normalized spacial score (nSPS) is 23.1. The molecule has 1 aliphatic rings. The smallest absolute Gasteiger partial charge is 0.252 e. The molecule has 0 unspecified atom stereocenters. The van der Waals surface area contributed by atoms with E-state index in [1.165, 1.54) is 0 Å². The topological polar surface area (TPSA) is 49.3 Å². The second-order valence-electron chi connectivity index (χ2n) is 5.01. The van der Waals surface area contributed by atoms with Crippen LogP contribution in [-0.4, -0.2) is 23.7 Å². The van der Waals surface area contributed by atoms with E-state index < -0.39 is 0 Å². The molecule has 0 saturated heterocycles. The summed E-state index contributed by atoms with van der Waals surface area (Å²) >= 11 is 5.56. The fraction of sp³-hybridized carbons (Fsp3) is 0.500. The van der Waals surface area contributed by atoms with Crippen LogP contribution in [0, 0.1) is 9.49 Å². The summed E-state index contributed by atoms with van der Waals surface area (Å²) < 4.78 is 1.87. The SMILES string of the molecule is O=C(NCC1CCC(O)CC1)c1cc(Br)ccc1I. The lowest BCUT2D eigenvalue weighted by atomic mass is 9.87. The van der Waals surface area contributed by atoms with Gasteiger partial charge in [-0.2, -0.15) is 0 Å². The number of aliphatic hydroxyl groups is 1. The predicted molar refractivity (Wildman–Crippen MR) is 87.2 cm³/mol. The van der Waals surface area contributed by atoms with E-state index >= 15 is 0 Å². The van der Waals surface area contributed by atoms with Crippen molar-refractivity contribution in [3.05, 3.63) is 31.8 Å². The van der Waals surface area contributed by atoms with Crippen LogP contribution in [0.2, 0.25) is 0 Å². The van der Waals surface area contributed by atoms with Crippen molar-refractivity contribution in [2.45, 2.75) is 31.8 Å². The number of rotatable bonds is 3. The Morgan fingerprint density at radius 2 is 2.05 bits per heavy atom. The average molecular weight is 438 g/mol. The maximum absolute atomic E-state index is 12.1. The highest BCUT2D eigenvalue weighted by molar-refractivity contribution is 14.1. The number of hydrogen-bond acceptors (Lipinski definition) is 2. The van der Waals surface area contributed by atoms with Crippen LogP contribution in [0.1, 0.15) is 36.0 Å². The number of benzene rings is 1. The van der Waals surface area contributed by atoms with Crippen molar-refractivity contribution in [2.75, 3.05) is 6.54 Å². The molecular formula is C14H17BrINO2. The molecule has 0 spiro atoms. The van der Waals surface area contributed by atoms with Gasteiger partial charge < -0.3 is 10.4 Å². The summed E-state index contributed by atoms with van der Waals surface area (Å²) in [7, 11) is 0. The van der Waals surface area contributed by atoms with Gasteiger partial charge in [-0.05, 0) is 72.4 Å². The maximum Gasteiger partial charge on any atom is 0.252 e. The lowest BCUT2D eigenvalue weighted by Gasteiger charge is -2.25. The summed E-state index contributed by atoms with van der Waals surface area (Å²) in [5.41, 5.74) is 0.714. The molecule has 1 aliphatic carbocycles. The van der Waals surface area contributed by atoms with Crippen LogP contribution in [0.3, 0.4) is 0 Å². The van der Waals surface area contributed by atoms with Gasteiger partial charge in [0.15, 0.2) is 0 Å². The third-order valence-electron chi connectivity index (χ3n) is 3.54. The van der Waals surface area contributed by atoms with Crippen molar-refractivity contribution in [3.8, 4) is 0 Å². The monoisotopic (exact) mass is 437 g/mol. The van der Waals surface area contributed by atoms with E-state index in [0.717, 1.165) is 33.7 Å². The molecule has 0 atom stereocenters. The van der Waals surface area contributed by atoms with Crippen molar-refractivity contribution in [3.63, 3.8) is 0 Å². The first-order chi connectivity index (χ1) is 9.06. The van der Waals surface area contributed by atoms with E-state index in [9.17, 15) is 9.90 Å². The molecule has 0 heterocycles. The molecule has 0 bridgehead atoms. The van der Waals surface area contributed by atoms with E-state index in [2.05, 4.69) is 43.8 Å². The molecule has 0 aromatic heterocycles. The molecule has 5 heteroatoms. The average Bonchev–Trinajstić information content (AvgIpc) is 2.40. The minimum absolute atomic E-state index is 0.0168. The summed E-state index contributed by atoms with van der Waals surface area (Å²) in [6, 6.07) is 5.71. The van der Waals surface area contributed by atoms with Crippen LogP contribution < -0.4 is 5.32 Å². The lowest BCUT2D eigenvalue weighted by Crippen LogP contribution is -2.32. The van der Waals surface area contributed by atoms with Crippen molar-refractivity contribution >= 4 is 44.4 Å². The second-order valence-corrected chi connectivity index (χ2v) is 7.09. The summed E-state index contributed by atoms with van der Waals surface area (Å²) in [5.74, 6) is 0.481. The molecule has 2 rings (SSSR count). The van der Waals surface area contributed by atoms with Gasteiger partial charge in [-0.15, -0.1) is 0 Å². The number of nitrogens with one attached hydrogen (secondary N) is 1.